The molecular formula is C15H18ClN3O3. The molecule has 2 rings (SSSR count). The average molecular weight is 324 g/mol. The maximum Gasteiger partial charge on any atom is 0.338 e. The molecule has 1 N–H and O–H groups in total. The molecule has 0 bridgehead atoms. The zero-order chi connectivity index (χ0) is 16.1. The maximum absolute atomic E-state index is 11.9. The highest BCUT2D eigenvalue weighted by molar-refractivity contribution is 6.18. The van der Waals surface area contributed by atoms with E-state index in [4.69, 9.17) is 16.3 Å². The van der Waals surface area contributed by atoms with Gasteiger partial charge in [0.2, 0.25) is 5.91 Å². The number of alkyl halides is 1. The minimum Gasteiger partial charge on any atom is -0.465 e. The molecule has 0 saturated heterocycles. The number of amides is 1. The van der Waals surface area contributed by atoms with Gasteiger partial charge in [0, 0.05) is 18.8 Å². The van der Waals surface area contributed by atoms with Crippen molar-refractivity contribution in [1.29, 1.82) is 0 Å². The molecule has 0 spiro atoms. The molecule has 0 aliphatic heterocycles. The monoisotopic (exact) mass is 323 g/mol. The van der Waals surface area contributed by atoms with Gasteiger partial charge in [-0.05, 0) is 25.5 Å². The van der Waals surface area contributed by atoms with Crippen molar-refractivity contribution in [1.82, 2.24) is 9.55 Å². The minimum atomic E-state index is -0.456. The number of nitrogens with one attached hydrogen (secondary N) is 1. The quantitative estimate of drug-likeness (QED) is 0.655. The number of halogens is 1. The molecule has 1 amide bonds. The van der Waals surface area contributed by atoms with Gasteiger partial charge < -0.3 is 14.6 Å². The molecule has 0 atom stereocenters. The average Bonchev–Trinajstić information content (AvgIpc) is 2.95. The highest BCUT2D eigenvalue weighted by atomic mass is 35.5. The van der Waals surface area contributed by atoms with E-state index in [1.165, 1.54) is 7.11 Å². The van der Waals surface area contributed by atoms with Crippen LogP contribution in [0.3, 0.4) is 0 Å². The molecule has 0 fully saturated rings. The molecule has 0 aliphatic rings. The Labute approximate surface area is 133 Å². The Kier molecular flexibility index (Phi) is 5.38. The summed E-state index contributed by atoms with van der Waals surface area (Å²) < 4.78 is 6.66. The van der Waals surface area contributed by atoms with Gasteiger partial charge in [-0.15, -0.1) is 11.6 Å². The standard InChI is InChI=1S/C15H18ClN3O3/c1-3-19-9-17-14-11(18-13(20)5-4-6-16)7-10(8-12(14)19)15(21)22-2/h7-9H,3-6H2,1-2H3,(H,18,20). The van der Waals surface area contributed by atoms with Crippen molar-refractivity contribution in [3.05, 3.63) is 24.0 Å². The molecule has 0 aliphatic carbocycles. The van der Waals surface area contributed by atoms with Crippen LogP contribution in [0.15, 0.2) is 18.5 Å². The van der Waals surface area contributed by atoms with Crippen LogP contribution in [-0.2, 0) is 16.1 Å². The maximum atomic E-state index is 11.9. The number of hydrogen-bond acceptors (Lipinski definition) is 4. The van der Waals surface area contributed by atoms with Crippen LogP contribution in [0.1, 0.15) is 30.1 Å². The van der Waals surface area contributed by atoms with Gasteiger partial charge in [-0.1, -0.05) is 0 Å². The van der Waals surface area contributed by atoms with Crippen LogP contribution in [-0.4, -0.2) is 34.4 Å². The second-order valence-corrected chi connectivity index (χ2v) is 5.13. The molecule has 1 aromatic carbocycles. The van der Waals surface area contributed by atoms with E-state index in [9.17, 15) is 9.59 Å². The van der Waals surface area contributed by atoms with E-state index in [0.717, 1.165) is 5.52 Å². The summed E-state index contributed by atoms with van der Waals surface area (Å²) in [5.74, 6) is -0.188. The van der Waals surface area contributed by atoms with E-state index in [2.05, 4.69) is 10.3 Å². The molecule has 7 heteroatoms. The highest BCUT2D eigenvalue weighted by Gasteiger charge is 2.15. The normalized spacial score (nSPS) is 10.7. The van der Waals surface area contributed by atoms with Gasteiger partial charge in [-0.3, -0.25) is 4.79 Å². The number of fused-ring (bicyclic) bond motifs is 1. The van der Waals surface area contributed by atoms with Crippen molar-refractivity contribution in [2.24, 2.45) is 0 Å². The third-order valence-electron chi connectivity index (χ3n) is 3.30. The Morgan fingerprint density at radius 1 is 1.41 bits per heavy atom. The van der Waals surface area contributed by atoms with Gasteiger partial charge >= 0.3 is 5.97 Å². The zero-order valence-electron chi connectivity index (χ0n) is 12.6. The summed E-state index contributed by atoms with van der Waals surface area (Å²) in [6.45, 7) is 2.69. The molecule has 22 heavy (non-hydrogen) atoms. The molecule has 2 aromatic rings. The summed E-state index contributed by atoms with van der Waals surface area (Å²) >= 11 is 5.59. The summed E-state index contributed by atoms with van der Waals surface area (Å²) in [5.41, 5.74) is 2.30. The van der Waals surface area contributed by atoms with E-state index in [1.807, 2.05) is 11.5 Å². The number of rotatable bonds is 6. The van der Waals surface area contributed by atoms with Crippen molar-refractivity contribution in [3.63, 3.8) is 0 Å². The van der Waals surface area contributed by atoms with Crippen LogP contribution >= 0.6 is 11.6 Å². The number of benzene rings is 1. The Hall–Kier alpha value is -2.08. The van der Waals surface area contributed by atoms with Gasteiger partial charge in [0.25, 0.3) is 0 Å². The summed E-state index contributed by atoms with van der Waals surface area (Å²) in [6, 6.07) is 3.30. The van der Waals surface area contributed by atoms with Crippen LogP contribution in [0.5, 0.6) is 0 Å². The number of aromatic nitrogens is 2. The van der Waals surface area contributed by atoms with E-state index in [0.29, 0.717) is 42.0 Å². The predicted octanol–water partition coefficient (Wildman–Crippen LogP) is 2.80. The number of esters is 1. The molecule has 0 unspecified atom stereocenters. The number of carbonyl (C=O) groups excluding carboxylic acids is 2. The van der Waals surface area contributed by atoms with Crippen molar-refractivity contribution in [3.8, 4) is 0 Å². The van der Waals surface area contributed by atoms with Crippen LogP contribution in [0.4, 0.5) is 5.69 Å². The van der Waals surface area contributed by atoms with Gasteiger partial charge in [0.05, 0.1) is 30.2 Å². The van der Waals surface area contributed by atoms with Crippen molar-refractivity contribution in [2.75, 3.05) is 18.3 Å². The third-order valence-corrected chi connectivity index (χ3v) is 3.57. The van der Waals surface area contributed by atoms with E-state index >= 15 is 0 Å². The Morgan fingerprint density at radius 2 is 2.18 bits per heavy atom. The lowest BCUT2D eigenvalue weighted by molar-refractivity contribution is -0.116. The Balaban J connectivity index is 2.44. The number of ether oxygens (including phenoxy) is 1. The second kappa shape index (κ2) is 7.26. The first kappa shape index (κ1) is 16.3. The first-order chi connectivity index (χ1) is 10.6. The lowest BCUT2D eigenvalue weighted by atomic mass is 10.1. The van der Waals surface area contributed by atoms with Gasteiger partial charge in [-0.2, -0.15) is 0 Å². The van der Waals surface area contributed by atoms with Crippen molar-refractivity contribution < 1.29 is 14.3 Å². The molecule has 0 radical (unpaired) electrons. The Bertz CT molecular complexity index is 697. The molecule has 1 heterocycles. The smallest absolute Gasteiger partial charge is 0.338 e. The zero-order valence-corrected chi connectivity index (χ0v) is 13.3. The first-order valence-corrected chi connectivity index (χ1v) is 7.57. The summed E-state index contributed by atoms with van der Waals surface area (Å²) in [4.78, 5) is 28.0. The van der Waals surface area contributed by atoms with Gasteiger partial charge in [-0.25, -0.2) is 9.78 Å². The fourth-order valence-electron chi connectivity index (χ4n) is 2.19. The topological polar surface area (TPSA) is 73.2 Å². The lowest BCUT2D eigenvalue weighted by Crippen LogP contribution is -2.13. The minimum absolute atomic E-state index is 0.157. The number of aryl methyl sites for hydroxylation is 1. The summed E-state index contributed by atoms with van der Waals surface area (Å²) in [7, 11) is 1.32. The summed E-state index contributed by atoms with van der Waals surface area (Å²) in [6.07, 6.45) is 2.60. The van der Waals surface area contributed by atoms with Gasteiger partial charge in [0.15, 0.2) is 0 Å². The highest BCUT2D eigenvalue weighted by Crippen LogP contribution is 2.25. The first-order valence-electron chi connectivity index (χ1n) is 7.03. The number of carbonyl (C=O) groups is 2. The molecule has 1 aromatic heterocycles. The second-order valence-electron chi connectivity index (χ2n) is 4.75. The van der Waals surface area contributed by atoms with Crippen LogP contribution in [0.25, 0.3) is 11.0 Å². The van der Waals surface area contributed by atoms with Gasteiger partial charge in [0.1, 0.15) is 5.52 Å². The third kappa shape index (κ3) is 3.39. The molecule has 118 valence electrons. The van der Waals surface area contributed by atoms with E-state index in [-0.39, 0.29) is 5.91 Å². The Morgan fingerprint density at radius 3 is 2.82 bits per heavy atom. The van der Waals surface area contributed by atoms with Crippen LogP contribution in [0, 0.1) is 0 Å². The van der Waals surface area contributed by atoms with Crippen LogP contribution < -0.4 is 5.32 Å². The van der Waals surface area contributed by atoms with E-state index < -0.39 is 5.97 Å². The fourth-order valence-corrected chi connectivity index (χ4v) is 2.32. The number of hydrogen-bond donors (Lipinski definition) is 1. The largest absolute Gasteiger partial charge is 0.465 e. The molecule has 0 saturated carbocycles. The van der Waals surface area contributed by atoms with Crippen molar-refractivity contribution in [2.45, 2.75) is 26.3 Å². The molecular weight excluding hydrogens is 306 g/mol. The number of methoxy groups -OCH3 is 1. The van der Waals surface area contributed by atoms with Crippen molar-refractivity contribution >= 4 is 40.2 Å². The summed E-state index contributed by atoms with van der Waals surface area (Å²) in [5, 5.41) is 2.80. The predicted molar refractivity (Wildman–Crippen MR) is 85.3 cm³/mol. The van der Waals surface area contributed by atoms with Crippen LogP contribution in [0.2, 0.25) is 0 Å². The number of imidazole rings is 1. The number of nitrogens with zero attached hydrogens (tertiary/aromatic N) is 2. The SMILES string of the molecule is CCn1cnc2c(NC(=O)CCCCl)cc(C(=O)OC)cc21. The molecule has 6 nitrogen and oxygen atoms in total. The lowest BCUT2D eigenvalue weighted by Gasteiger charge is -2.09. The fraction of sp³-hybridized carbons (Fsp3) is 0.400. The van der Waals surface area contributed by atoms with E-state index in [1.54, 1.807) is 18.5 Å². The number of anilines is 1.